The summed E-state index contributed by atoms with van der Waals surface area (Å²) in [6.45, 7) is 1.70. The molecular formula is C9H9NO2. The highest BCUT2D eigenvalue weighted by Crippen LogP contribution is 2.10. The molecule has 0 unspecified atom stereocenters. The van der Waals surface area contributed by atoms with E-state index in [0.717, 1.165) is 0 Å². The maximum absolute atomic E-state index is 10.8. The molecule has 0 saturated heterocycles. The van der Waals surface area contributed by atoms with Crippen molar-refractivity contribution in [1.29, 1.82) is 0 Å². The van der Waals surface area contributed by atoms with Crippen molar-refractivity contribution in [3.63, 3.8) is 0 Å². The predicted molar refractivity (Wildman–Crippen MR) is 45.1 cm³/mol. The van der Waals surface area contributed by atoms with Crippen LogP contribution in [0.5, 0.6) is 0 Å². The number of hydrogen-bond acceptors (Lipinski definition) is 2. The normalized spacial score (nSPS) is 9.42. The van der Waals surface area contributed by atoms with E-state index in [4.69, 9.17) is 5.73 Å². The molecule has 0 atom stereocenters. The highest BCUT2D eigenvalue weighted by atomic mass is 16.1. The molecule has 0 heterocycles. The molecule has 0 fully saturated rings. The number of benzene rings is 1. The lowest BCUT2D eigenvalue weighted by Gasteiger charge is -2.02. The van der Waals surface area contributed by atoms with Crippen molar-refractivity contribution in [3.05, 3.63) is 34.9 Å². The fraction of sp³-hybridized carbons (Fsp3) is 0.111. The van der Waals surface area contributed by atoms with Crippen LogP contribution in [0.25, 0.3) is 0 Å². The summed E-state index contributed by atoms with van der Waals surface area (Å²) < 4.78 is 0. The van der Waals surface area contributed by atoms with Crippen LogP contribution in [0.2, 0.25) is 0 Å². The lowest BCUT2D eigenvalue weighted by Crippen LogP contribution is -2.13. The number of nitrogens with two attached hydrogens (primary N) is 1. The van der Waals surface area contributed by atoms with E-state index in [1.165, 1.54) is 0 Å². The Morgan fingerprint density at radius 1 is 1.50 bits per heavy atom. The first kappa shape index (κ1) is 8.46. The Balaban J connectivity index is 3.32. The summed E-state index contributed by atoms with van der Waals surface area (Å²) in [5.41, 5.74) is 6.63. The van der Waals surface area contributed by atoms with Crippen molar-refractivity contribution in [1.82, 2.24) is 0 Å². The van der Waals surface area contributed by atoms with Crippen LogP contribution in [-0.4, -0.2) is 12.2 Å². The number of primary amides is 1. The van der Waals surface area contributed by atoms with Gasteiger partial charge in [0, 0.05) is 11.1 Å². The second-order valence-corrected chi connectivity index (χ2v) is 2.50. The molecule has 0 aliphatic rings. The molecule has 0 radical (unpaired) electrons. The van der Waals surface area contributed by atoms with E-state index in [2.05, 4.69) is 0 Å². The van der Waals surface area contributed by atoms with Crippen molar-refractivity contribution in [2.75, 3.05) is 0 Å². The second-order valence-electron chi connectivity index (χ2n) is 2.50. The number of amides is 1. The smallest absolute Gasteiger partial charge is 0.248 e. The van der Waals surface area contributed by atoms with Crippen LogP contribution in [0.1, 0.15) is 26.3 Å². The maximum Gasteiger partial charge on any atom is 0.248 e. The molecule has 3 heteroatoms. The molecule has 0 aromatic heterocycles. The van der Waals surface area contributed by atoms with Crippen LogP contribution in [-0.2, 0) is 0 Å². The molecule has 0 bridgehead atoms. The zero-order chi connectivity index (χ0) is 9.14. The van der Waals surface area contributed by atoms with Crippen LogP contribution < -0.4 is 5.73 Å². The summed E-state index contributed by atoms with van der Waals surface area (Å²) in [6.07, 6.45) is 0.710. The molecule has 0 aliphatic heterocycles. The summed E-state index contributed by atoms with van der Waals surface area (Å²) >= 11 is 0. The first-order valence-corrected chi connectivity index (χ1v) is 3.51. The molecule has 1 amide bonds. The van der Waals surface area contributed by atoms with E-state index < -0.39 is 5.91 Å². The Labute approximate surface area is 70.2 Å². The molecule has 0 spiro atoms. The first-order chi connectivity index (χ1) is 5.66. The Morgan fingerprint density at radius 2 is 2.17 bits per heavy atom. The van der Waals surface area contributed by atoms with E-state index >= 15 is 0 Å². The molecule has 1 rings (SSSR count). The Hall–Kier alpha value is -1.64. The number of hydrogen-bond donors (Lipinski definition) is 1. The quantitative estimate of drug-likeness (QED) is 0.658. The lowest BCUT2D eigenvalue weighted by atomic mass is 10.0. The van der Waals surface area contributed by atoms with Crippen molar-refractivity contribution < 1.29 is 9.59 Å². The number of carbonyl (C=O) groups is 2. The van der Waals surface area contributed by atoms with E-state index in [1.54, 1.807) is 25.1 Å². The molecule has 2 N–H and O–H groups in total. The fourth-order valence-electron chi connectivity index (χ4n) is 1.05. The average molecular weight is 163 g/mol. The van der Waals surface area contributed by atoms with Gasteiger partial charge in [0.25, 0.3) is 0 Å². The Bertz CT molecular complexity index is 331. The molecular weight excluding hydrogens is 154 g/mol. The Kier molecular flexibility index (Phi) is 2.24. The molecule has 3 nitrogen and oxygen atoms in total. The van der Waals surface area contributed by atoms with E-state index in [9.17, 15) is 9.59 Å². The van der Waals surface area contributed by atoms with E-state index in [0.29, 0.717) is 23.0 Å². The van der Waals surface area contributed by atoms with Crippen LogP contribution in [0.3, 0.4) is 0 Å². The number of aldehydes is 1. The molecule has 1 aromatic carbocycles. The number of carbonyl (C=O) groups excluding carboxylic acids is 2. The van der Waals surface area contributed by atoms with Gasteiger partial charge in [-0.25, -0.2) is 0 Å². The monoisotopic (exact) mass is 163 g/mol. The molecule has 0 aliphatic carbocycles. The van der Waals surface area contributed by atoms with Gasteiger partial charge in [-0.15, -0.1) is 0 Å². The van der Waals surface area contributed by atoms with Crippen molar-refractivity contribution in [3.8, 4) is 0 Å². The zero-order valence-electron chi connectivity index (χ0n) is 6.70. The Morgan fingerprint density at radius 3 is 2.67 bits per heavy atom. The van der Waals surface area contributed by atoms with Gasteiger partial charge in [0.15, 0.2) is 0 Å². The highest BCUT2D eigenvalue weighted by Gasteiger charge is 2.06. The van der Waals surface area contributed by atoms with Crippen LogP contribution in [0.4, 0.5) is 0 Å². The van der Waals surface area contributed by atoms with Gasteiger partial charge < -0.3 is 5.73 Å². The predicted octanol–water partition coefficient (Wildman–Crippen LogP) is 0.906. The van der Waals surface area contributed by atoms with Gasteiger partial charge in [0.05, 0.1) is 0 Å². The standard InChI is InChI=1S/C9H9NO2/c1-6-7(5-11)3-2-4-8(6)9(10)12/h2-5H,1H3,(H2,10,12). The third-order valence-corrected chi connectivity index (χ3v) is 1.77. The summed E-state index contributed by atoms with van der Waals surface area (Å²) in [5, 5.41) is 0. The molecule has 1 aromatic rings. The van der Waals surface area contributed by atoms with Gasteiger partial charge in [-0.3, -0.25) is 9.59 Å². The van der Waals surface area contributed by atoms with Crippen LogP contribution in [0.15, 0.2) is 18.2 Å². The van der Waals surface area contributed by atoms with Gasteiger partial charge in [-0.05, 0) is 18.6 Å². The second kappa shape index (κ2) is 3.17. The summed E-state index contributed by atoms with van der Waals surface area (Å²) in [4.78, 5) is 21.2. The van der Waals surface area contributed by atoms with Gasteiger partial charge in [0.2, 0.25) is 5.91 Å². The summed E-state index contributed by atoms with van der Waals surface area (Å²) in [5.74, 6) is -0.504. The highest BCUT2D eigenvalue weighted by molar-refractivity contribution is 5.96. The third kappa shape index (κ3) is 1.34. The van der Waals surface area contributed by atoms with Crippen molar-refractivity contribution >= 4 is 12.2 Å². The minimum Gasteiger partial charge on any atom is -0.366 e. The molecule has 0 saturated carbocycles. The first-order valence-electron chi connectivity index (χ1n) is 3.51. The molecule has 62 valence electrons. The van der Waals surface area contributed by atoms with Gasteiger partial charge in [-0.1, -0.05) is 12.1 Å². The van der Waals surface area contributed by atoms with Crippen LogP contribution >= 0.6 is 0 Å². The fourth-order valence-corrected chi connectivity index (χ4v) is 1.05. The summed E-state index contributed by atoms with van der Waals surface area (Å²) in [7, 11) is 0. The molecule has 12 heavy (non-hydrogen) atoms. The van der Waals surface area contributed by atoms with Gasteiger partial charge >= 0.3 is 0 Å². The minimum absolute atomic E-state index is 0.402. The largest absolute Gasteiger partial charge is 0.366 e. The topological polar surface area (TPSA) is 60.2 Å². The van der Waals surface area contributed by atoms with E-state index in [-0.39, 0.29) is 0 Å². The van der Waals surface area contributed by atoms with Crippen molar-refractivity contribution in [2.24, 2.45) is 5.73 Å². The number of rotatable bonds is 2. The SMILES string of the molecule is Cc1c(C=O)cccc1C(N)=O. The minimum atomic E-state index is -0.504. The zero-order valence-corrected chi connectivity index (χ0v) is 6.70. The van der Waals surface area contributed by atoms with E-state index in [1.807, 2.05) is 0 Å². The third-order valence-electron chi connectivity index (χ3n) is 1.77. The van der Waals surface area contributed by atoms with Crippen LogP contribution in [0, 0.1) is 6.92 Å². The van der Waals surface area contributed by atoms with Gasteiger partial charge in [0.1, 0.15) is 6.29 Å². The van der Waals surface area contributed by atoms with Crippen molar-refractivity contribution in [2.45, 2.75) is 6.92 Å². The maximum atomic E-state index is 10.8. The van der Waals surface area contributed by atoms with Gasteiger partial charge in [-0.2, -0.15) is 0 Å². The lowest BCUT2D eigenvalue weighted by molar-refractivity contribution is 0.0999. The average Bonchev–Trinajstić information content (AvgIpc) is 2.04. The summed E-state index contributed by atoms with van der Waals surface area (Å²) in [6, 6.07) is 4.89.